The lowest BCUT2D eigenvalue weighted by Crippen LogP contribution is -2.19. The zero-order valence-corrected chi connectivity index (χ0v) is 19.5. The van der Waals surface area contributed by atoms with Crippen molar-refractivity contribution in [1.29, 1.82) is 0 Å². The number of anilines is 2. The summed E-state index contributed by atoms with van der Waals surface area (Å²) in [5.41, 5.74) is 4.92. The molecule has 0 aliphatic heterocycles. The molecule has 0 saturated carbocycles. The first-order valence-electron chi connectivity index (χ1n) is 10.9. The Morgan fingerprint density at radius 2 is 1.77 bits per heavy atom. The van der Waals surface area contributed by atoms with Gasteiger partial charge in [0.1, 0.15) is 5.69 Å². The van der Waals surface area contributed by atoms with Crippen LogP contribution in [0.4, 0.5) is 16.2 Å². The third-order valence-corrected chi connectivity index (χ3v) is 5.60. The number of para-hydroxylation sites is 1. The summed E-state index contributed by atoms with van der Waals surface area (Å²) in [4.78, 5) is 21.1. The van der Waals surface area contributed by atoms with Gasteiger partial charge in [0, 0.05) is 34.7 Å². The van der Waals surface area contributed by atoms with Gasteiger partial charge in [-0.05, 0) is 60.5 Å². The van der Waals surface area contributed by atoms with Gasteiger partial charge >= 0.3 is 6.03 Å². The average Bonchev–Trinajstić information content (AvgIpc) is 3.52. The lowest BCUT2D eigenvalue weighted by atomic mass is 10.2. The largest absolute Gasteiger partial charge is 0.332 e. The van der Waals surface area contributed by atoms with Crippen molar-refractivity contribution in [3.63, 3.8) is 0 Å². The van der Waals surface area contributed by atoms with Crippen molar-refractivity contribution < 1.29 is 9.32 Å². The molecular formula is C26H21ClN6O2. The van der Waals surface area contributed by atoms with Gasteiger partial charge in [-0.25, -0.2) is 9.78 Å². The Labute approximate surface area is 206 Å². The quantitative estimate of drug-likeness (QED) is 0.296. The standard InChI is InChI=1S/C26H21ClN6O2/c1-17-4-2-3-5-22(17)30-26(34)29-21-12-6-18(7-13-21)14-33-15-23(28-16-33)25-31-24(32-35-25)19-8-10-20(27)11-9-19/h2-13,15-16H,14H2,1H3,(H2,29,30,34). The third-order valence-electron chi connectivity index (χ3n) is 5.35. The monoisotopic (exact) mass is 484 g/mol. The average molecular weight is 485 g/mol. The van der Waals surface area contributed by atoms with Gasteiger partial charge in [-0.15, -0.1) is 0 Å². The molecule has 5 rings (SSSR count). The van der Waals surface area contributed by atoms with Crippen molar-refractivity contribution in [3.8, 4) is 23.0 Å². The molecule has 0 radical (unpaired) electrons. The number of aryl methyl sites for hydroxylation is 1. The summed E-state index contributed by atoms with van der Waals surface area (Å²) >= 11 is 5.94. The van der Waals surface area contributed by atoms with Crippen molar-refractivity contribution >= 4 is 29.0 Å². The van der Waals surface area contributed by atoms with E-state index < -0.39 is 0 Å². The minimum atomic E-state index is -0.288. The van der Waals surface area contributed by atoms with E-state index in [9.17, 15) is 4.79 Å². The molecule has 35 heavy (non-hydrogen) atoms. The van der Waals surface area contributed by atoms with Gasteiger partial charge in [0.2, 0.25) is 5.82 Å². The van der Waals surface area contributed by atoms with Gasteiger partial charge in [0.25, 0.3) is 5.89 Å². The molecule has 0 fully saturated rings. The summed E-state index contributed by atoms with van der Waals surface area (Å²) in [5, 5.41) is 10.4. The summed E-state index contributed by atoms with van der Waals surface area (Å²) < 4.78 is 7.31. The van der Waals surface area contributed by atoms with Crippen LogP contribution in [0.25, 0.3) is 23.0 Å². The Kier molecular flexibility index (Phi) is 6.28. The summed E-state index contributed by atoms with van der Waals surface area (Å²) in [6.07, 6.45) is 3.56. The molecule has 2 amide bonds. The van der Waals surface area contributed by atoms with Crippen LogP contribution < -0.4 is 10.6 Å². The molecule has 0 aliphatic rings. The smallest absolute Gasteiger partial charge is 0.323 e. The van der Waals surface area contributed by atoms with E-state index in [2.05, 4.69) is 25.8 Å². The van der Waals surface area contributed by atoms with Crippen molar-refractivity contribution in [2.75, 3.05) is 10.6 Å². The van der Waals surface area contributed by atoms with E-state index in [0.717, 1.165) is 22.4 Å². The van der Waals surface area contributed by atoms with Gasteiger partial charge in [0.05, 0.1) is 6.33 Å². The van der Waals surface area contributed by atoms with Gasteiger partial charge in [-0.2, -0.15) is 4.98 Å². The molecule has 2 heterocycles. The Balaban J connectivity index is 1.20. The second kappa shape index (κ2) is 9.82. The number of hydrogen-bond acceptors (Lipinski definition) is 5. The maximum Gasteiger partial charge on any atom is 0.323 e. The zero-order valence-electron chi connectivity index (χ0n) is 18.8. The number of nitrogens with zero attached hydrogens (tertiary/aromatic N) is 4. The van der Waals surface area contributed by atoms with E-state index in [1.165, 1.54) is 0 Å². The van der Waals surface area contributed by atoms with Crippen LogP contribution in [0.5, 0.6) is 0 Å². The molecule has 174 valence electrons. The first-order chi connectivity index (χ1) is 17.0. The van der Waals surface area contributed by atoms with Crippen molar-refractivity contribution in [3.05, 3.63) is 101 Å². The van der Waals surface area contributed by atoms with Crippen LogP contribution in [-0.2, 0) is 6.54 Å². The fourth-order valence-electron chi connectivity index (χ4n) is 3.50. The number of imidazole rings is 1. The summed E-state index contributed by atoms with van der Waals surface area (Å²) in [6.45, 7) is 2.55. The highest BCUT2D eigenvalue weighted by atomic mass is 35.5. The fraction of sp³-hybridized carbons (Fsp3) is 0.0769. The highest BCUT2D eigenvalue weighted by molar-refractivity contribution is 6.30. The molecule has 0 atom stereocenters. The van der Waals surface area contributed by atoms with E-state index >= 15 is 0 Å². The van der Waals surface area contributed by atoms with Crippen LogP contribution in [-0.4, -0.2) is 25.7 Å². The molecule has 8 nitrogen and oxygen atoms in total. The molecule has 2 aromatic heterocycles. The van der Waals surface area contributed by atoms with Gasteiger partial charge in [0.15, 0.2) is 0 Å². The summed E-state index contributed by atoms with van der Waals surface area (Å²) in [6, 6.07) is 22.2. The van der Waals surface area contributed by atoms with E-state index in [4.69, 9.17) is 16.1 Å². The molecule has 0 bridgehead atoms. The van der Waals surface area contributed by atoms with Gasteiger partial charge < -0.3 is 19.7 Å². The molecule has 2 N–H and O–H groups in total. The highest BCUT2D eigenvalue weighted by Gasteiger charge is 2.13. The highest BCUT2D eigenvalue weighted by Crippen LogP contribution is 2.23. The molecule has 0 spiro atoms. The van der Waals surface area contributed by atoms with Crippen LogP contribution >= 0.6 is 11.6 Å². The number of carbonyl (C=O) groups excluding carboxylic acids is 1. The van der Waals surface area contributed by atoms with E-state index in [1.54, 1.807) is 18.5 Å². The van der Waals surface area contributed by atoms with Crippen LogP contribution in [0.2, 0.25) is 5.02 Å². The first-order valence-corrected chi connectivity index (χ1v) is 11.3. The maximum atomic E-state index is 12.3. The molecule has 0 unspecified atom stereocenters. The second-order valence-electron chi connectivity index (χ2n) is 7.95. The van der Waals surface area contributed by atoms with E-state index in [0.29, 0.717) is 34.7 Å². The van der Waals surface area contributed by atoms with Crippen molar-refractivity contribution in [2.24, 2.45) is 0 Å². The van der Waals surface area contributed by atoms with Crippen molar-refractivity contribution in [1.82, 2.24) is 19.7 Å². The number of halogens is 1. The minimum Gasteiger partial charge on any atom is -0.332 e. The molecule has 0 aliphatic carbocycles. The fourth-order valence-corrected chi connectivity index (χ4v) is 3.63. The third kappa shape index (κ3) is 5.39. The number of rotatable bonds is 6. The lowest BCUT2D eigenvalue weighted by molar-refractivity contribution is 0.262. The Morgan fingerprint density at radius 1 is 1.00 bits per heavy atom. The molecule has 0 saturated heterocycles. The zero-order chi connectivity index (χ0) is 24.2. The predicted octanol–water partition coefficient (Wildman–Crippen LogP) is 6.25. The Bertz CT molecular complexity index is 1460. The van der Waals surface area contributed by atoms with Crippen LogP contribution in [0.15, 0.2) is 89.8 Å². The number of aromatic nitrogens is 4. The van der Waals surface area contributed by atoms with Crippen LogP contribution in [0.1, 0.15) is 11.1 Å². The van der Waals surface area contributed by atoms with Gasteiger partial charge in [-0.3, -0.25) is 0 Å². The number of benzene rings is 3. The number of amides is 2. The first kappa shape index (κ1) is 22.4. The maximum absolute atomic E-state index is 12.3. The Hall–Kier alpha value is -4.43. The second-order valence-corrected chi connectivity index (χ2v) is 8.39. The summed E-state index contributed by atoms with van der Waals surface area (Å²) in [5.74, 6) is 0.814. The molecule has 9 heteroatoms. The number of hydrogen-bond donors (Lipinski definition) is 2. The minimum absolute atomic E-state index is 0.288. The normalized spacial score (nSPS) is 10.8. The molecular weight excluding hydrogens is 464 g/mol. The Morgan fingerprint density at radius 3 is 2.54 bits per heavy atom. The summed E-state index contributed by atoms with van der Waals surface area (Å²) in [7, 11) is 0. The van der Waals surface area contributed by atoms with E-state index in [1.807, 2.05) is 78.4 Å². The SMILES string of the molecule is Cc1ccccc1NC(=O)Nc1ccc(Cn2cnc(-c3nc(-c4ccc(Cl)cc4)no3)c2)cc1. The van der Waals surface area contributed by atoms with Crippen LogP contribution in [0, 0.1) is 6.92 Å². The number of urea groups is 1. The number of carbonyl (C=O) groups is 1. The number of nitrogens with one attached hydrogen (secondary N) is 2. The van der Waals surface area contributed by atoms with Crippen molar-refractivity contribution in [2.45, 2.75) is 13.5 Å². The predicted molar refractivity (Wildman–Crippen MR) is 135 cm³/mol. The van der Waals surface area contributed by atoms with E-state index in [-0.39, 0.29) is 6.03 Å². The topological polar surface area (TPSA) is 97.9 Å². The van der Waals surface area contributed by atoms with Crippen LogP contribution in [0.3, 0.4) is 0 Å². The molecule has 5 aromatic rings. The lowest BCUT2D eigenvalue weighted by Gasteiger charge is -2.10. The van der Waals surface area contributed by atoms with Gasteiger partial charge in [-0.1, -0.05) is 47.1 Å². The molecule has 3 aromatic carbocycles.